The molecule has 0 aliphatic rings. The number of nitrogens with zero attached hydrogens (tertiary/aromatic N) is 1. The number of nitrogens with one attached hydrogen (secondary N) is 1. The second-order valence-corrected chi connectivity index (χ2v) is 7.80. The molecule has 3 N–H and O–H groups in total. The third-order valence-electron chi connectivity index (χ3n) is 2.78. The molecule has 2 rings (SSSR count). The molecule has 0 unspecified atom stereocenters. The van der Waals surface area contributed by atoms with Crippen molar-refractivity contribution >= 4 is 47.6 Å². The number of halogens is 2. The zero-order valence-electron chi connectivity index (χ0n) is 11.3. The van der Waals surface area contributed by atoms with Crippen molar-refractivity contribution < 1.29 is 12.8 Å². The van der Waals surface area contributed by atoms with E-state index in [2.05, 4.69) is 41.6 Å². The third kappa shape index (κ3) is 3.65. The molecular weight excluding hydrogens is 426 g/mol. The Bertz CT molecular complexity index is 745. The summed E-state index contributed by atoms with van der Waals surface area (Å²) in [4.78, 5) is 4.21. The van der Waals surface area contributed by atoms with Gasteiger partial charge in [-0.25, -0.2) is 18.1 Å². The molecule has 0 aliphatic carbocycles. The minimum Gasteiger partial charge on any atom is -0.444 e. The minimum absolute atomic E-state index is 0.0275. The Kier molecular flexibility index (Phi) is 4.76. The van der Waals surface area contributed by atoms with Gasteiger partial charge in [0.2, 0.25) is 15.9 Å². The van der Waals surface area contributed by atoms with E-state index < -0.39 is 10.0 Å². The highest BCUT2D eigenvalue weighted by molar-refractivity contribution is 9.11. The summed E-state index contributed by atoms with van der Waals surface area (Å²) in [7, 11) is -3.74. The number of sulfonamides is 1. The Morgan fingerprint density at radius 2 is 1.86 bits per heavy atom. The predicted octanol–water partition coefficient (Wildman–Crippen LogP) is 2.88. The molecule has 0 saturated heterocycles. The van der Waals surface area contributed by atoms with Crippen molar-refractivity contribution in [3.8, 4) is 0 Å². The number of nitrogens with two attached hydrogens (primary N) is 1. The first-order valence-electron chi connectivity index (χ1n) is 5.88. The third-order valence-corrected chi connectivity index (χ3v) is 6.05. The van der Waals surface area contributed by atoms with Crippen molar-refractivity contribution in [1.82, 2.24) is 9.71 Å². The van der Waals surface area contributed by atoms with Crippen molar-refractivity contribution in [2.45, 2.75) is 25.3 Å². The molecule has 0 bridgehead atoms. The van der Waals surface area contributed by atoms with Gasteiger partial charge >= 0.3 is 0 Å². The van der Waals surface area contributed by atoms with Gasteiger partial charge in [-0.2, -0.15) is 0 Å². The van der Waals surface area contributed by atoms with Crippen LogP contribution in [0.3, 0.4) is 0 Å². The van der Waals surface area contributed by atoms with E-state index in [0.29, 0.717) is 26.3 Å². The van der Waals surface area contributed by atoms with E-state index in [1.165, 1.54) is 12.1 Å². The number of anilines is 1. The van der Waals surface area contributed by atoms with E-state index in [4.69, 9.17) is 10.2 Å². The van der Waals surface area contributed by atoms with Crippen LogP contribution >= 0.6 is 31.9 Å². The number of nitrogen functional groups attached to an aromatic ring is 1. The molecule has 9 heteroatoms. The van der Waals surface area contributed by atoms with E-state index in [9.17, 15) is 8.42 Å². The van der Waals surface area contributed by atoms with Gasteiger partial charge in [0.25, 0.3) is 0 Å². The van der Waals surface area contributed by atoms with Crippen LogP contribution in [-0.2, 0) is 16.6 Å². The van der Waals surface area contributed by atoms with Crippen LogP contribution in [-0.4, -0.2) is 13.4 Å². The highest BCUT2D eigenvalue weighted by atomic mass is 79.9. The maximum absolute atomic E-state index is 12.4. The van der Waals surface area contributed by atoms with Crippen LogP contribution < -0.4 is 10.5 Å². The highest BCUT2D eigenvalue weighted by Gasteiger charge is 2.22. The molecule has 0 spiro atoms. The number of hydrogen-bond donors (Lipinski definition) is 2. The molecule has 114 valence electrons. The van der Waals surface area contributed by atoms with Crippen LogP contribution in [0.4, 0.5) is 5.69 Å². The molecule has 21 heavy (non-hydrogen) atoms. The lowest BCUT2D eigenvalue weighted by molar-refractivity contribution is 0.463. The molecule has 0 fully saturated rings. The summed E-state index contributed by atoms with van der Waals surface area (Å²) in [5.74, 6) is 0.982. The summed E-state index contributed by atoms with van der Waals surface area (Å²) in [6.45, 7) is 3.54. The zero-order chi connectivity index (χ0) is 15.8. The number of aryl methyl sites for hydroxylation is 2. The van der Waals surface area contributed by atoms with Gasteiger partial charge in [0.15, 0.2) is 0 Å². The summed E-state index contributed by atoms with van der Waals surface area (Å²) in [6, 6.07) is 3.05. The molecule has 0 aliphatic heterocycles. The molecule has 1 heterocycles. The summed E-state index contributed by atoms with van der Waals surface area (Å²) in [5, 5.41) is 0. The van der Waals surface area contributed by atoms with Gasteiger partial charge in [0.1, 0.15) is 10.7 Å². The van der Waals surface area contributed by atoms with Crippen LogP contribution in [0.25, 0.3) is 0 Å². The van der Waals surface area contributed by atoms with Gasteiger partial charge in [-0.05, 0) is 57.8 Å². The monoisotopic (exact) mass is 437 g/mol. The van der Waals surface area contributed by atoms with Crippen LogP contribution in [0.15, 0.2) is 30.4 Å². The number of aromatic nitrogens is 1. The molecule has 2 aromatic rings. The molecular formula is C12H13Br2N3O3S. The lowest BCUT2D eigenvalue weighted by Crippen LogP contribution is -2.24. The quantitative estimate of drug-likeness (QED) is 0.715. The molecule has 0 radical (unpaired) electrons. The summed E-state index contributed by atoms with van der Waals surface area (Å²) in [6.07, 6.45) is 0. The Morgan fingerprint density at radius 3 is 2.33 bits per heavy atom. The fourth-order valence-corrected chi connectivity index (χ4v) is 5.27. The van der Waals surface area contributed by atoms with Gasteiger partial charge < -0.3 is 10.2 Å². The average Bonchev–Trinajstić information content (AvgIpc) is 2.65. The fourth-order valence-electron chi connectivity index (χ4n) is 1.68. The molecule has 0 amide bonds. The maximum atomic E-state index is 12.4. The first kappa shape index (κ1) is 16.5. The van der Waals surface area contributed by atoms with E-state index >= 15 is 0 Å². The molecule has 1 aromatic carbocycles. The van der Waals surface area contributed by atoms with Gasteiger partial charge in [-0.1, -0.05) is 0 Å². The summed E-state index contributed by atoms with van der Waals surface area (Å²) >= 11 is 6.41. The van der Waals surface area contributed by atoms with Crippen molar-refractivity contribution in [3.05, 3.63) is 38.4 Å². The van der Waals surface area contributed by atoms with Gasteiger partial charge in [0, 0.05) is 14.6 Å². The van der Waals surface area contributed by atoms with Gasteiger partial charge in [-0.15, -0.1) is 0 Å². The van der Waals surface area contributed by atoms with E-state index in [0.717, 1.165) is 5.69 Å². The fraction of sp³-hybridized carbons (Fsp3) is 0.250. The van der Waals surface area contributed by atoms with Crippen molar-refractivity contribution in [1.29, 1.82) is 0 Å². The van der Waals surface area contributed by atoms with Crippen molar-refractivity contribution in [2.75, 3.05) is 5.73 Å². The first-order valence-corrected chi connectivity index (χ1v) is 8.94. The van der Waals surface area contributed by atoms with E-state index in [1.54, 1.807) is 13.8 Å². The van der Waals surface area contributed by atoms with Gasteiger partial charge in [-0.3, -0.25) is 0 Å². The summed E-state index contributed by atoms with van der Waals surface area (Å²) in [5.41, 5.74) is 6.84. The van der Waals surface area contributed by atoms with Crippen molar-refractivity contribution in [3.63, 3.8) is 0 Å². The molecule has 1 aromatic heterocycles. The maximum Gasteiger partial charge on any atom is 0.243 e. The lowest BCUT2D eigenvalue weighted by Gasteiger charge is -2.10. The molecule has 0 atom stereocenters. The Morgan fingerprint density at radius 1 is 1.29 bits per heavy atom. The van der Waals surface area contributed by atoms with Gasteiger partial charge in [0.05, 0.1) is 12.2 Å². The Labute approximate surface area is 139 Å². The van der Waals surface area contributed by atoms with Crippen LogP contribution in [0, 0.1) is 13.8 Å². The van der Waals surface area contributed by atoms with Crippen molar-refractivity contribution in [2.24, 2.45) is 0 Å². The largest absolute Gasteiger partial charge is 0.444 e. The molecule has 6 nitrogen and oxygen atoms in total. The first-order chi connectivity index (χ1) is 9.70. The Balaban J connectivity index is 2.27. The topological polar surface area (TPSA) is 98.2 Å². The van der Waals surface area contributed by atoms with Crippen LogP contribution in [0.2, 0.25) is 0 Å². The standard InChI is InChI=1S/C12H13Br2N3O3S/c1-6-7(2)20-11(17-6)5-16-21(18,19)12-9(13)3-8(15)4-10(12)14/h3-4,16H,5,15H2,1-2H3. The van der Waals surface area contributed by atoms with Crippen LogP contribution in [0.1, 0.15) is 17.3 Å². The SMILES string of the molecule is Cc1nc(CNS(=O)(=O)c2c(Br)cc(N)cc2Br)oc1C. The normalized spacial score (nSPS) is 11.8. The Hall–Kier alpha value is -0.900. The number of oxazole rings is 1. The number of benzene rings is 1. The average molecular weight is 439 g/mol. The molecule has 0 saturated carbocycles. The zero-order valence-corrected chi connectivity index (χ0v) is 15.3. The van der Waals surface area contributed by atoms with E-state index in [-0.39, 0.29) is 11.4 Å². The smallest absolute Gasteiger partial charge is 0.243 e. The second kappa shape index (κ2) is 6.07. The minimum atomic E-state index is -3.74. The summed E-state index contributed by atoms with van der Waals surface area (Å²) < 4.78 is 33.3. The number of hydrogen-bond acceptors (Lipinski definition) is 5. The van der Waals surface area contributed by atoms with E-state index in [1.807, 2.05) is 0 Å². The van der Waals surface area contributed by atoms with Crippen LogP contribution in [0.5, 0.6) is 0 Å². The lowest BCUT2D eigenvalue weighted by atomic mass is 10.3. The predicted molar refractivity (Wildman–Crippen MR) is 86.3 cm³/mol. The highest BCUT2D eigenvalue weighted by Crippen LogP contribution is 2.32. The number of rotatable bonds is 4. The second-order valence-electron chi connectivity index (χ2n) is 4.39.